The van der Waals surface area contributed by atoms with Crippen LogP contribution in [0.5, 0.6) is 0 Å². The molecule has 20 heavy (non-hydrogen) atoms. The number of hydrogen-bond acceptors (Lipinski definition) is 4. The Morgan fingerprint density at radius 3 is 2.65 bits per heavy atom. The number of carbonyl (C=O) groups is 1. The lowest BCUT2D eigenvalue weighted by Crippen LogP contribution is -2.46. The molecular formula is C15H30N2O3. The lowest BCUT2D eigenvalue weighted by Gasteiger charge is -2.31. The van der Waals surface area contributed by atoms with Crippen molar-refractivity contribution in [3.05, 3.63) is 0 Å². The van der Waals surface area contributed by atoms with Crippen molar-refractivity contribution in [2.24, 2.45) is 0 Å². The Morgan fingerprint density at radius 2 is 2.15 bits per heavy atom. The van der Waals surface area contributed by atoms with Gasteiger partial charge >= 0.3 is 6.09 Å². The monoisotopic (exact) mass is 286 g/mol. The molecule has 1 aliphatic heterocycles. The molecule has 1 amide bonds. The van der Waals surface area contributed by atoms with E-state index in [2.05, 4.69) is 5.32 Å². The van der Waals surface area contributed by atoms with Gasteiger partial charge in [0.2, 0.25) is 0 Å². The van der Waals surface area contributed by atoms with Gasteiger partial charge in [0, 0.05) is 31.8 Å². The minimum atomic E-state index is -0.450. The highest BCUT2D eigenvalue weighted by molar-refractivity contribution is 5.68. The molecule has 118 valence electrons. The van der Waals surface area contributed by atoms with Crippen LogP contribution >= 0.6 is 0 Å². The molecular weight excluding hydrogens is 256 g/mol. The maximum Gasteiger partial charge on any atom is 0.410 e. The van der Waals surface area contributed by atoms with E-state index in [1.165, 1.54) is 0 Å². The Bertz CT molecular complexity index is 294. The van der Waals surface area contributed by atoms with Crippen LogP contribution < -0.4 is 5.32 Å². The van der Waals surface area contributed by atoms with Gasteiger partial charge in [-0.1, -0.05) is 0 Å². The highest BCUT2D eigenvalue weighted by Crippen LogP contribution is 2.12. The topological polar surface area (TPSA) is 50.8 Å². The van der Waals surface area contributed by atoms with Gasteiger partial charge in [-0.3, -0.25) is 0 Å². The molecule has 1 fully saturated rings. The van der Waals surface area contributed by atoms with E-state index in [0.29, 0.717) is 12.6 Å². The van der Waals surface area contributed by atoms with Gasteiger partial charge in [-0.05, 0) is 47.5 Å². The smallest absolute Gasteiger partial charge is 0.410 e. The molecule has 0 aliphatic carbocycles. The maximum absolute atomic E-state index is 12.1. The molecule has 0 radical (unpaired) electrons. The number of ether oxygens (including phenoxy) is 2. The molecule has 1 saturated heterocycles. The van der Waals surface area contributed by atoms with Crippen LogP contribution in [0.15, 0.2) is 0 Å². The van der Waals surface area contributed by atoms with Gasteiger partial charge in [-0.25, -0.2) is 4.79 Å². The van der Waals surface area contributed by atoms with Gasteiger partial charge in [-0.15, -0.1) is 0 Å². The first-order valence-corrected chi connectivity index (χ1v) is 7.60. The predicted octanol–water partition coefficient (Wildman–Crippen LogP) is 2.40. The second-order valence-electron chi connectivity index (χ2n) is 6.64. The Balaban J connectivity index is 2.36. The fourth-order valence-electron chi connectivity index (χ4n) is 2.17. The fourth-order valence-corrected chi connectivity index (χ4v) is 2.17. The fraction of sp³-hybridized carbons (Fsp3) is 0.933. The third kappa shape index (κ3) is 6.57. The average Bonchev–Trinajstić information content (AvgIpc) is 2.33. The lowest BCUT2D eigenvalue weighted by molar-refractivity contribution is 0.0185. The molecule has 0 aromatic heterocycles. The van der Waals surface area contributed by atoms with E-state index in [1.54, 1.807) is 4.90 Å². The second kappa shape index (κ2) is 7.84. The molecule has 0 aromatic carbocycles. The molecule has 0 spiro atoms. The largest absolute Gasteiger partial charge is 0.444 e. The first-order chi connectivity index (χ1) is 9.29. The summed E-state index contributed by atoms with van der Waals surface area (Å²) in [6.45, 7) is 12.8. The second-order valence-corrected chi connectivity index (χ2v) is 6.64. The summed E-state index contributed by atoms with van der Waals surface area (Å²) in [6, 6.07) is 0.547. The molecule has 5 nitrogen and oxygen atoms in total. The first kappa shape index (κ1) is 17.2. The molecule has 0 aromatic rings. The van der Waals surface area contributed by atoms with Crippen molar-refractivity contribution in [3.63, 3.8) is 0 Å². The van der Waals surface area contributed by atoms with E-state index in [9.17, 15) is 4.79 Å². The minimum Gasteiger partial charge on any atom is -0.444 e. The van der Waals surface area contributed by atoms with Gasteiger partial charge < -0.3 is 19.7 Å². The number of carbonyl (C=O) groups excluding carboxylic acids is 1. The summed E-state index contributed by atoms with van der Waals surface area (Å²) in [7, 11) is 0. The zero-order valence-corrected chi connectivity index (χ0v) is 13.6. The van der Waals surface area contributed by atoms with Crippen molar-refractivity contribution < 1.29 is 14.3 Å². The molecule has 0 bridgehead atoms. The van der Waals surface area contributed by atoms with E-state index in [0.717, 1.165) is 32.6 Å². The summed E-state index contributed by atoms with van der Waals surface area (Å²) >= 11 is 0. The summed E-state index contributed by atoms with van der Waals surface area (Å²) in [4.78, 5) is 13.9. The van der Waals surface area contributed by atoms with Crippen LogP contribution in [0.2, 0.25) is 0 Å². The zero-order valence-electron chi connectivity index (χ0n) is 13.6. The van der Waals surface area contributed by atoms with E-state index < -0.39 is 5.60 Å². The van der Waals surface area contributed by atoms with Crippen LogP contribution in [0.4, 0.5) is 4.79 Å². The Kier molecular flexibility index (Phi) is 6.76. The lowest BCUT2D eigenvalue weighted by atomic mass is 10.1. The minimum absolute atomic E-state index is 0.134. The SMILES string of the molecule is CC(C)N(CCNC1CCCOC1)C(=O)OC(C)(C)C. The Hall–Kier alpha value is -0.810. The van der Waals surface area contributed by atoms with Crippen molar-refractivity contribution in [1.29, 1.82) is 0 Å². The normalized spacial score (nSPS) is 20.0. The van der Waals surface area contributed by atoms with Crippen LogP contribution in [0.3, 0.4) is 0 Å². The molecule has 1 atom stereocenters. The zero-order chi connectivity index (χ0) is 15.2. The van der Waals surface area contributed by atoms with E-state index in [4.69, 9.17) is 9.47 Å². The molecule has 5 heteroatoms. The number of hydrogen-bond donors (Lipinski definition) is 1. The molecule has 1 N–H and O–H groups in total. The molecule has 1 aliphatic rings. The van der Waals surface area contributed by atoms with E-state index in [1.807, 2.05) is 34.6 Å². The third-order valence-corrected chi connectivity index (χ3v) is 3.20. The highest BCUT2D eigenvalue weighted by Gasteiger charge is 2.24. The van der Waals surface area contributed by atoms with Gasteiger partial charge in [0.1, 0.15) is 5.60 Å². The van der Waals surface area contributed by atoms with Gasteiger partial charge in [0.15, 0.2) is 0 Å². The summed E-state index contributed by atoms with van der Waals surface area (Å²) < 4.78 is 10.9. The molecule has 0 saturated carbocycles. The van der Waals surface area contributed by atoms with Crippen LogP contribution in [-0.2, 0) is 9.47 Å². The van der Waals surface area contributed by atoms with Crippen LogP contribution in [0, 0.1) is 0 Å². The van der Waals surface area contributed by atoms with Crippen molar-refractivity contribution in [2.45, 2.75) is 65.1 Å². The first-order valence-electron chi connectivity index (χ1n) is 7.60. The maximum atomic E-state index is 12.1. The van der Waals surface area contributed by atoms with Crippen LogP contribution in [-0.4, -0.2) is 55.0 Å². The van der Waals surface area contributed by atoms with Crippen molar-refractivity contribution in [1.82, 2.24) is 10.2 Å². The predicted molar refractivity (Wildman–Crippen MR) is 79.9 cm³/mol. The standard InChI is InChI=1S/C15H30N2O3/c1-12(2)17(14(18)20-15(3,4)5)9-8-16-13-7-6-10-19-11-13/h12-13,16H,6-11H2,1-5H3. The van der Waals surface area contributed by atoms with Crippen LogP contribution in [0.25, 0.3) is 0 Å². The van der Waals surface area contributed by atoms with Crippen molar-refractivity contribution >= 4 is 6.09 Å². The average molecular weight is 286 g/mol. The number of rotatable bonds is 5. The summed E-state index contributed by atoms with van der Waals surface area (Å²) in [6.07, 6.45) is 2.01. The summed E-state index contributed by atoms with van der Waals surface area (Å²) in [5.41, 5.74) is -0.450. The number of amides is 1. The van der Waals surface area contributed by atoms with E-state index in [-0.39, 0.29) is 12.1 Å². The quantitative estimate of drug-likeness (QED) is 0.843. The number of nitrogens with zero attached hydrogens (tertiary/aromatic N) is 1. The third-order valence-electron chi connectivity index (χ3n) is 3.20. The van der Waals surface area contributed by atoms with Crippen molar-refractivity contribution in [3.8, 4) is 0 Å². The van der Waals surface area contributed by atoms with Gasteiger partial charge in [0.05, 0.1) is 6.61 Å². The molecule has 1 unspecified atom stereocenters. The number of nitrogens with one attached hydrogen (secondary N) is 1. The van der Waals surface area contributed by atoms with Crippen molar-refractivity contribution in [2.75, 3.05) is 26.3 Å². The summed E-state index contributed by atoms with van der Waals surface area (Å²) in [5, 5.41) is 3.45. The Morgan fingerprint density at radius 1 is 1.45 bits per heavy atom. The Labute approximate surface area is 123 Å². The van der Waals surface area contributed by atoms with E-state index >= 15 is 0 Å². The summed E-state index contributed by atoms with van der Waals surface area (Å²) in [5.74, 6) is 0. The van der Waals surface area contributed by atoms with Crippen LogP contribution in [0.1, 0.15) is 47.5 Å². The van der Waals surface area contributed by atoms with Gasteiger partial charge in [-0.2, -0.15) is 0 Å². The highest BCUT2D eigenvalue weighted by atomic mass is 16.6. The molecule has 1 heterocycles. The molecule has 1 rings (SSSR count). The van der Waals surface area contributed by atoms with Gasteiger partial charge in [0.25, 0.3) is 0 Å².